The van der Waals surface area contributed by atoms with Crippen molar-refractivity contribution in [2.75, 3.05) is 19.6 Å². The third kappa shape index (κ3) is 5.40. The summed E-state index contributed by atoms with van der Waals surface area (Å²) in [6.45, 7) is 6.54. The summed E-state index contributed by atoms with van der Waals surface area (Å²) in [6, 6.07) is 3.54. The van der Waals surface area contributed by atoms with E-state index in [2.05, 4.69) is 34.0 Å². The molecule has 1 fully saturated rings. The summed E-state index contributed by atoms with van der Waals surface area (Å²) in [6.07, 6.45) is 3.64. The first-order valence-corrected chi connectivity index (χ1v) is 7.92. The SMILES string of the molecule is CC(CCN)N1CCC(NCc2ccsc2)CC1.Cl. The first kappa shape index (κ1) is 16.9. The maximum atomic E-state index is 5.63. The Morgan fingerprint density at radius 1 is 1.47 bits per heavy atom. The summed E-state index contributed by atoms with van der Waals surface area (Å²) >= 11 is 1.78. The number of hydrogen-bond acceptors (Lipinski definition) is 4. The summed E-state index contributed by atoms with van der Waals surface area (Å²) in [5.41, 5.74) is 7.04. The molecule has 1 aromatic rings. The fourth-order valence-electron chi connectivity index (χ4n) is 2.62. The second kappa shape index (κ2) is 8.93. The monoisotopic (exact) mass is 303 g/mol. The zero-order valence-electron chi connectivity index (χ0n) is 11.7. The Morgan fingerprint density at radius 3 is 2.79 bits per heavy atom. The summed E-state index contributed by atoms with van der Waals surface area (Å²) in [7, 11) is 0. The van der Waals surface area contributed by atoms with Gasteiger partial charge in [0.2, 0.25) is 0 Å². The van der Waals surface area contributed by atoms with E-state index < -0.39 is 0 Å². The molecule has 1 aliphatic heterocycles. The molecule has 5 heteroatoms. The van der Waals surface area contributed by atoms with Gasteiger partial charge < -0.3 is 16.0 Å². The van der Waals surface area contributed by atoms with E-state index in [1.807, 2.05) is 0 Å². The van der Waals surface area contributed by atoms with Crippen molar-refractivity contribution in [3.05, 3.63) is 22.4 Å². The van der Waals surface area contributed by atoms with E-state index in [0.29, 0.717) is 12.1 Å². The highest BCUT2D eigenvalue weighted by Crippen LogP contribution is 2.15. The lowest BCUT2D eigenvalue weighted by Gasteiger charge is -2.36. The highest BCUT2D eigenvalue weighted by Gasteiger charge is 2.21. The Morgan fingerprint density at radius 2 is 2.21 bits per heavy atom. The standard InChI is InChI=1S/C14H25N3S.ClH/c1-12(2-6-15)17-7-3-14(4-8-17)16-10-13-5-9-18-11-13;/h5,9,11-12,14,16H,2-4,6-8,10,15H2,1H3;1H. The predicted molar refractivity (Wildman–Crippen MR) is 86.1 cm³/mol. The molecule has 1 unspecified atom stereocenters. The highest BCUT2D eigenvalue weighted by atomic mass is 35.5. The van der Waals surface area contributed by atoms with Crippen molar-refractivity contribution in [2.45, 2.75) is 44.8 Å². The number of piperidine rings is 1. The van der Waals surface area contributed by atoms with Crippen LogP contribution in [0.1, 0.15) is 31.7 Å². The van der Waals surface area contributed by atoms with Crippen molar-refractivity contribution < 1.29 is 0 Å². The molecule has 1 aliphatic rings. The van der Waals surface area contributed by atoms with E-state index in [0.717, 1.165) is 19.5 Å². The van der Waals surface area contributed by atoms with Crippen LogP contribution in [0.15, 0.2) is 16.8 Å². The van der Waals surface area contributed by atoms with Crippen LogP contribution >= 0.6 is 23.7 Å². The summed E-state index contributed by atoms with van der Waals surface area (Å²) in [5.74, 6) is 0. The second-order valence-corrected chi connectivity index (χ2v) is 6.03. The molecule has 0 amide bonds. The van der Waals surface area contributed by atoms with Crippen molar-refractivity contribution in [2.24, 2.45) is 5.73 Å². The molecule has 1 saturated heterocycles. The molecule has 0 spiro atoms. The lowest BCUT2D eigenvalue weighted by atomic mass is 10.0. The molecule has 0 saturated carbocycles. The molecule has 0 bridgehead atoms. The fraction of sp³-hybridized carbons (Fsp3) is 0.714. The summed E-state index contributed by atoms with van der Waals surface area (Å²) < 4.78 is 0. The third-order valence-corrected chi connectivity index (χ3v) is 4.64. The smallest absolute Gasteiger partial charge is 0.0216 e. The Bertz CT molecular complexity index is 323. The van der Waals surface area contributed by atoms with Crippen LogP contribution in [0.4, 0.5) is 0 Å². The molecule has 0 radical (unpaired) electrons. The van der Waals surface area contributed by atoms with E-state index in [1.54, 1.807) is 11.3 Å². The van der Waals surface area contributed by atoms with Crippen molar-refractivity contribution in [3.8, 4) is 0 Å². The number of nitrogens with one attached hydrogen (secondary N) is 1. The van der Waals surface area contributed by atoms with Gasteiger partial charge in [0.15, 0.2) is 0 Å². The molecule has 110 valence electrons. The molecular formula is C14H26ClN3S. The molecular weight excluding hydrogens is 278 g/mol. The van der Waals surface area contributed by atoms with Crippen LogP contribution in [-0.4, -0.2) is 36.6 Å². The van der Waals surface area contributed by atoms with Gasteiger partial charge in [-0.05, 0) is 68.2 Å². The number of nitrogens with zero attached hydrogens (tertiary/aromatic N) is 1. The molecule has 3 nitrogen and oxygen atoms in total. The van der Waals surface area contributed by atoms with Gasteiger partial charge in [0, 0.05) is 18.6 Å². The molecule has 2 rings (SSSR count). The van der Waals surface area contributed by atoms with E-state index in [9.17, 15) is 0 Å². The lowest BCUT2D eigenvalue weighted by molar-refractivity contribution is 0.147. The Hall–Kier alpha value is -0.130. The number of thiophene rings is 1. The first-order valence-electron chi connectivity index (χ1n) is 6.98. The summed E-state index contributed by atoms with van der Waals surface area (Å²) in [5, 5.41) is 8.05. The molecule has 3 N–H and O–H groups in total. The van der Waals surface area contributed by atoms with Crippen molar-refractivity contribution in [1.29, 1.82) is 0 Å². The van der Waals surface area contributed by atoms with Crippen LogP contribution in [0.25, 0.3) is 0 Å². The summed E-state index contributed by atoms with van der Waals surface area (Å²) in [4.78, 5) is 2.58. The van der Waals surface area contributed by atoms with Crippen LogP contribution in [0, 0.1) is 0 Å². The lowest BCUT2D eigenvalue weighted by Crippen LogP contribution is -2.46. The van der Waals surface area contributed by atoms with Gasteiger partial charge >= 0.3 is 0 Å². The minimum absolute atomic E-state index is 0. The number of hydrogen-bond donors (Lipinski definition) is 2. The predicted octanol–water partition coefficient (Wildman–Crippen LogP) is 2.46. The Labute approximate surface area is 127 Å². The first-order chi connectivity index (χ1) is 8.79. The average Bonchev–Trinajstić information content (AvgIpc) is 2.90. The van der Waals surface area contributed by atoms with E-state index in [4.69, 9.17) is 5.73 Å². The van der Waals surface area contributed by atoms with Crippen LogP contribution in [0.3, 0.4) is 0 Å². The quantitative estimate of drug-likeness (QED) is 0.848. The largest absolute Gasteiger partial charge is 0.330 e. The topological polar surface area (TPSA) is 41.3 Å². The van der Waals surface area contributed by atoms with Gasteiger partial charge in [-0.15, -0.1) is 12.4 Å². The van der Waals surface area contributed by atoms with Crippen LogP contribution in [0.5, 0.6) is 0 Å². The molecule has 0 aliphatic carbocycles. The van der Waals surface area contributed by atoms with Gasteiger partial charge in [-0.2, -0.15) is 11.3 Å². The number of likely N-dealkylation sites (tertiary alicyclic amines) is 1. The van der Waals surface area contributed by atoms with Crippen molar-refractivity contribution >= 4 is 23.7 Å². The molecule has 2 heterocycles. The zero-order valence-corrected chi connectivity index (χ0v) is 13.3. The number of nitrogens with two attached hydrogens (primary N) is 1. The van der Waals surface area contributed by atoms with Crippen LogP contribution in [0.2, 0.25) is 0 Å². The van der Waals surface area contributed by atoms with Crippen molar-refractivity contribution in [1.82, 2.24) is 10.2 Å². The maximum absolute atomic E-state index is 5.63. The van der Waals surface area contributed by atoms with Crippen molar-refractivity contribution in [3.63, 3.8) is 0 Å². The molecule has 0 aromatic carbocycles. The van der Waals surface area contributed by atoms with Gasteiger partial charge in [0.25, 0.3) is 0 Å². The minimum atomic E-state index is 0. The molecule has 19 heavy (non-hydrogen) atoms. The number of halogens is 1. The van der Waals surface area contributed by atoms with E-state index in [-0.39, 0.29) is 12.4 Å². The van der Waals surface area contributed by atoms with Gasteiger partial charge in [-0.1, -0.05) is 0 Å². The third-order valence-electron chi connectivity index (χ3n) is 3.91. The average molecular weight is 304 g/mol. The van der Waals surface area contributed by atoms with Crippen LogP contribution in [-0.2, 0) is 6.54 Å². The van der Waals surface area contributed by atoms with Gasteiger partial charge in [0.1, 0.15) is 0 Å². The van der Waals surface area contributed by atoms with E-state index >= 15 is 0 Å². The zero-order chi connectivity index (χ0) is 12.8. The Balaban J connectivity index is 0.00000180. The van der Waals surface area contributed by atoms with Gasteiger partial charge in [0.05, 0.1) is 0 Å². The van der Waals surface area contributed by atoms with Gasteiger partial charge in [-0.25, -0.2) is 0 Å². The Kier molecular flexibility index (Phi) is 7.95. The minimum Gasteiger partial charge on any atom is -0.330 e. The fourth-order valence-corrected chi connectivity index (χ4v) is 3.29. The highest BCUT2D eigenvalue weighted by molar-refractivity contribution is 7.07. The number of rotatable bonds is 6. The normalized spacial score (nSPS) is 19.1. The second-order valence-electron chi connectivity index (χ2n) is 5.25. The van der Waals surface area contributed by atoms with Crippen LogP contribution < -0.4 is 11.1 Å². The molecule has 1 aromatic heterocycles. The van der Waals surface area contributed by atoms with E-state index in [1.165, 1.54) is 31.5 Å². The molecule has 1 atom stereocenters. The van der Waals surface area contributed by atoms with Gasteiger partial charge in [-0.3, -0.25) is 0 Å². The maximum Gasteiger partial charge on any atom is 0.0216 e.